The smallest absolute Gasteiger partial charge is 0.306 e. The lowest BCUT2D eigenvalue weighted by Gasteiger charge is -2.34. The Kier molecular flexibility index (Phi) is 4.60. The van der Waals surface area contributed by atoms with E-state index in [1.54, 1.807) is 24.2 Å². The molecule has 2 aliphatic heterocycles. The molecule has 2 aromatic rings. The average Bonchev–Trinajstić information content (AvgIpc) is 3.10. The molecule has 1 saturated heterocycles. The molecule has 3 N–H and O–H groups in total. The number of aryl methyl sites for hydroxylation is 1. The van der Waals surface area contributed by atoms with Crippen molar-refractivity contribution in [3.05, 3.63) is 18.1 Å². The maximum atomic E-state index is 11.0. The number of rotatable bonds is 4. The van der Waals surface area contributed by atoms with Crippen LogP contribution in [0.15, 0.2) is 17.3 Å². The molecule has 1 fully saturated rings. The molecule has 0 aliphatic carbocycles. The van der Waals surface area contributed by atoms with Gasteiger partial charge >= 0.3 is 5.97 Å². The first-order valence-corrected chi connectivity index (χ1v) is 9.28. The van der Waals surface area contributed by atoms with Crippen molar-refractivity contribution in [1.29, 1.82) is 0 Å². The van der Waals surface area contributed by atoms with Crippen LogP contribution in [-0.4, -0.2) is 62.6 Å². The van der Waals surface area contributed by atoms with Gasteiger partial charge in [0.05, 0.1) is 35.3 Å². The summed E-state index contributed by atoms with van der Waals surface area (Å²) >= 11 is 1.73. The monoisotopic (exact) mass is 374 g/mol. The molecule has 0 radical (unpaired) electrons. The molecule has 1 atom stereocenters. The second-order valence-corrected chi connectivity index (χ2v) is 7.22. The van der Waals surface area contributed by atoms with Gasteiger partial charge in [-0.3, -0.25) is 4.79 Å². The predicted octanol–water partition coefficient (Wildman–Crippen LogP) is 0.844. The number of nitrogens with zero attached hydrogens (tertiary/aromatic N) is 5. The van der Waals surface area contributed by atoms with Gasteiger partial charge in [0.15, 0.2) is 5.82 Å². The van der Waals surface area contributed by atoms with Crippen molar-refractivity contribution in [3.8, 4) is 11.4 Å². The Morgan fingerprint density at radius 2 is 2.19 bits per heavy atom. The third-order valence-corrected chi connectivity index (χ3v) is 5.39. The Hall–Kier alpha value is -2.46. The molecule has 0 spiro atoms. The van der Waals surface area contributed by atoms with E-state index in [9.17, 15) is 4.79 Å². The summed E-state index contributed by atoms with van der Waals surface area (Å²) in [6.07, 6.45) is 3.74. The van der Waals surface area contributed by atoms with Gasteiger partial charge in [-0.1, -0.05) is 0 Å². The van der Waals surface area contributed by atoms with Crippen LogP contribution in [0.25, 0.3) is 11.4 Å². The Bertz CT molecular complexity index is 831. The third-order valence-electron chi connectivity index (χ3n) is 4.27. The number of nitrogen functional groups attached to an aromatic ring is 1. The van der Waals surface area contributed by atoms with Crippen molar-refractivity contribution >= 4 is 29.5 Å². The molecule has 10 heteroatoms. The fraction of sp³-hybridized carbons (Fsp3) is 0.438. The van der Waals surface area contributed by atoms with Crippen LogP contribution >= 0.6 is 11.8 Å². The summed E-state index contributed by atoms with van der Waals surface area (Å²) in [5, 5.41) is 9.04. The lowest BCUT2D eigenvalue weighted by molar-refractivity contribution is -0.140. The van der Waals surface area contributed by atoms with Crippen LogP contribution in [0.2, 0.25) is 0 Å². The number of ether oxygens (including phenoxy) is 1. The number of carbonyl (C=O) groups is 1. The highest BCUT2D eigenvalue weighted by Gasteiger charge is 2.29. The summed E-state index contributed by atoms with van der Waals surface area (Å²) in [6, 6.07) is 0. The first kappa shape index (κ1) is 17.0. The zero-order valence-electron chi connectivity index (χ0n) is 14.0. The fourth-order valence-corrected chi connectivity index (χ4v) is 4.20. The van der Waals surface area contributed by atoms with Crippen LogP contribution in [0.1, 0.15) is 12.1 Å². The molecule has 2 aliphatic rings. The number of anilines is 2. The molecular formula is C16H18N6O3S. The van der Waals surface area contributed by atoms with E-state index in [1.807, 2.05) is 0 Å². The van der Waals surface area contributed by atoms with Crippen molar-refractivity contribution in [2.75, 3.05) is 36.1 Å². The molecule has 2 aromatic heterocycles. The lowest BCUT2D eigenvalue weighted by Crippen LogP contribution is -2.44. The molecule has 4 rings (SSSR count). The summed E-state index contributed by atoms with van der Waals surface area (Å²) in [5.74, 6) is 1.70. The zero-order valence-corrected chi connectivity index (χ0v) is 14.8. The molecule has 9 nitrogen and oxygen atoms in total. The topological polar surface area (TPSA) is 127 Å². The van der Waals surface area contributed by atoms with E-state index in [0.29, 0.717) is 31.1 Å². The Labute approximate surface area is 154 Å². The Balaban J connectivity index is 1.69. The van der Waals surface area contributed by atoms with Gasteiger partial charge in [-0.15, -0.1) is 11.8 Å². The number of hydrogen-bond donors (Lipinski definition) is 2. The summed E-state index contributed by atoms with van der Waals surface area (Å²) in [5.41, 5.74) is 7.27. The number of hydrogen-bond acceptors (Lipinski definition) is 9. The highest BCUT2D eigenvalue weighted by Crippen LogP contribution is 2.39. The van der Waals surface area contributed by atoms with Crippen LogP contribution in [0.4, 0.5) is 11.8 Å². The molecule has 0 saturated carbocycles. The summed E-state index contributed by atoms with van der Waals surface area (Å²) < 4.78 is 5.58. The highest BCUT2D eigenvalue weighted by molar-refractivity contribution is 7.99. The van der Waals surface area contributed by atoms with Crippen LogP contribution in [0.3, 0.4) is 0 Å². The standard InChI is InChI=1S/C16H18N6O3S/c17-16-18-6-9(7-19-16)14-20-11-1-4-26-13(11)15(21-14)22-2-3-25-10(8-22)5-12(23)24/h6-7,10H,1-5,8H2,(H,23,24)(H2,17,18,19). The molecular weight excluding hydrogens is 356 g/mol. The van der Waals surface area contributed by atoms with Crippen LogP contribution in [0, 0.1) is 0 Å². The molecule has 136 valence electrons. The van der Waals surface area contributed by atoms with Gasteiger partial charge in [0.1, 0.15) is 5.82 Å². The van der Waals surface area contributed by atoms with E-state index < -0.39 is 5.97 Å². The van der Waals surface area contributed by atoms with E-state index in [2.05, 4.69) is 19.9 Å². The first-order chi connectivity index (χ1) is 12.6. The minimum Gasteiger partial charge on any atom is -0.481 e. The molecule has 0 aromatic carbocycles. The van der Waals surface area contributed by atoms with E-state index in [0.717, 1.165) is 28.6 Å². The Morgan fingerprint density at radius 1 is 1.38 bits per heavy atom. The van der Waals surface area contributed by atoms with Gasteiger partial charge in [-0.05, 0) is 0 Å². The van der Waals surface area contributed by atoms with Crippen LogP contribution in [0.5, 0.6) is 0 Å². The molecule has 1 unspecified atom stereocenters. The number of fused-ring (bicyclic) bond motifs is 1. The van der Waals surface area contributed by atoms with Gasteiger partial charge in [0.25, 0.3) is 0 Å². The molecule has 4 heterocycles. The molecule has 0 bridgehead atoms. The quantitative estimate of drug-likeness (QED) is 0.794. The lowest BCUT2D eigenvalue weighted by atomic mass is 10.2. The van der Waals surface area contributed by atoms with E-state index >= 15 is 0 Å². The maximum absolute atomic E-state index is 11.0. The highest BCUT2D eigenvalue weighted by atomic mass is 32.2. The minimum absolute atomic E-state index is 0.0183. The van der Waals surface area contributed by atoms with E-state index in [4.69, 9.17) is 20.6 Å². The van der Waals surface area contributed by atoms with Crippen molar-refractivity contribution in [1.82, 2.24) is 19.9 Å². The molecule has 26 heavy (non-hydrogen) atoms. The maximum Gasteiger partial charge on any atom is 0.306 e. The van der Waals surface area contributed by atoms with Crippen molar-refractivity contribution in [2.24, 2.45) is 0 Å². The number of thioether (sulfide) groups is 1. The second kappa shape index (κ2) is 7.04. The van der Waals surface area contributed by atoms with Crippen LogP contribution in [-0.2, 0) is 16.0 Å². The van der Waals surface area contributed by atoms with E-state index in [-0.39, 0.29) is 18.5 Å². The van der Waals surface area contributed by atoms with Crippen LogP contribution < -0.4 is 10.6 Å². The summed E-state index contributed by atoms with van der Waals surface area (Å²) in [7, 11) is 0. The zero-order chi connectivity index (χ0) is 18.1. The van der Waals surface area contributed by atoms with Gasteiger partial charge in [-0.25, -0.2) is 19.9 Å². The Morgan fingerprint density at radius 3 is 2.96 bits per heavy atom. The van der Waals surface area contributed by atoms with Crippen molar-refractivity contribution < 1.29 is 14.6 Å². The number of aliphatic carboxylic acids is 1. The fourth-order valence-electron chi connectivity index (χ4n) is 3.08. The summed E-state index contributed by atoms with van der Waals surface area (Å²) in [6.45, 7) is 1.63. The molecule has 0 amide bonds. The largest absolute Gasteiger partial charge is 0.481 e. The third kappa shape index (κ3) is 3.42. The number of morpholine rings is 1. The van der Waals surface area contributed by atoms with Crippen molar-refractivity contribution in [3.63, 3.8) is 0 Å². The second-order valence-electron chi connectivity index (χ2n) is 6.11. The minimum atomic E-state index is -0.862. The van der Waals surface area contributed by atoms with Gasteiger partial charge < -0.3 is 20.5 Å². The van der Waals surface area contributed by atoms with E-state index in [1.165, 1.54) is 0 Å². The van der Waals surface area contributed by atoms with Gasteiger partial charge in [-0.2, -0.15) is 0 Å². The number of carboxylic acids is 1. The van der Waals surface area contributed by atoms with Gasteiger partial charge in [0.2, 0.25) is 5.95 Å². The number of nitrogens with two attached hydrogens (primary N) is 1. The SMILES string of the molecule is Nc1ncc(-c2nc3c(c(N4CCOC(CC(=O)O)C4)n2)SCC3)cn1. The average molecular weight is 374 g/mol. The number of carboxylic acid groups (broad SMARTS) is 1. The first-order valence-electron chi connectivity index (χ1n) is 8.30. The normalized spacial score (nSPS) is 19.4. The number of aromatic nitrogens is 4. The predicted molar refractivity (Wildman–Crippen MR) is 96.1 cm³/mol. The summed E-state index contributed by atoms with van der Waals surface area (Å²) in [4.78, 5) is 31.6. The van der Waals surface area contributed by atoms with Gasteiger partial charge in [0, 0.05) is 37.7 Å². The van der Waals surface area contributed by atoms with Crippen molar-refractivity contribution in [2.45, 2.75) is 23.8 Å².